The number of alkyl carbamates (subject to hydrolysis) is 1. The van der Waals surface area contributed by atoms with Gasteiger partial charge in [-0.2, -0.15) is 0 Å². The van der Waals surface area contributed by atoms with Crippen LogP contribution in [0.2, 0.25) is 0 Å². The Morgan fingerprint density at radius 2 is 2.05 bits per heavy atom. The van der Waals surface area contributed by atoms with Crippen LogP contribution < -0.4 is 10.6 Å². The van der Waals surface area contributed by atoms with Gasteiger partial charge in [-0.1, -0.05) is 0 Å². The van der Waals surface area contributed by atoms with Crippen molar-refractivity contribution >= 4 is 12.1 Å². The van der Waals surface area contributed by atoms with Crippen molar-refractivity contribution in [3.8, 4) is 0 Å². The van der Waals surface area contributed by atoms with Crippen LogP contribution in [0.5, 0.6) is 0 Å². The molecule has 0 aliphatic heterocycles. The predicted octanol–water partition coefficient (Wildman–Crippen LogP) is 2.07. The van der Waals surface area contributed by atoms with E-state index in [0.717, 1.165) is 0 Å². The summed E-state index contributed by atoms with van der Waals surface area (Å²) in [6, 6.07) is 1.63. The lowest BCUT2D eigenvalue weighted by molar-refractivity contribution is 0.0522. The molecular weight excluding hydrogens is 288 g/mol. The Morgan fingerprint density at radius 3 is 2.64 bits per heavy atom. The van der Waals surface area contributed by atoms with Gasteiger partial charge in [-0.05, 0) is 33.8 Å². The molecule has 7 nitrogen and oxygen atoms in total. The fraction of sp³-hybridized carbons (Fsp3) is 0.600. The number of nitrogens with one attached hydrogen (secondary N) is 2. The van der Waals surface area contributed by atoms with Crippen LogP contribution in [0.4, 0.5) is 4.79 Å². The van der Waals surface area contributed by atoms with Crippen molar-refractivity contribution in [3.05, 3.63) is 23.7 Å². The van der Waals surface area contributed by atoms with Gasteiger partial charge >= 0.3 is 12.1 Å². The standard InChI is InChI=1S/C15H24N2O5/c1-10(7-17-14(19)22-15(2,3)4)16-8-12-6-11(9-21-12)13(18)20-5/h6,9-10,16H,7-8H2,1-5H3,(H,17,19). The molecule has 0 radical (unpaired) electrons. The average Bonchev–Trinajstić information content (AvgIpc) is 2.89. The van der Waals surface area contributed by atoms with E-state index >= 15 is 0 Å². The molecule has 1 aromatic heterocycles. The van der Waals surface area contributed by atoms with Gasteiger partial charge < -0.3 is 24.5 Å². The van der Waals surface area contributed by atoms with E-state index in [1.807, 2.05) is 27.7 Å². The van der Waals surface area contributed by atoms with Gasteiger partial charge in [-0.3, -0.25) is 0 Å². The second-order valence-corrected chi connectivity index (χ2v) is 5.96. The minimum absolute atomic E-state index is 0.0131. The summed E-state index contributed by atoms with van der Waals surface area (Å²) in [4.78, 5) is 22.8. The molecule has 0 saturated carbocycles. The molecule has 0 spiro atoms. The molecule has 0 fully saturated rings. The Morgan fingerprint density at radius 1 is 1.36 bits per heavy atom. The first-order valence-electron chi connectivity index (χ1n) is 7.07. The molecule has 0 aliphatic rings. The maximum atomic E-state index is 11.5. The fourth-order valence-corrected chi connectivity index (χ4v) is 1.60. The van der Waals surface area contributed by atoms with Crippen LogP contribution in [0.15, 0.2) is 16.7 Å². The Labute approximate surface area is 130 Å². The zero-order valence-electron chi connectivity index (χ0n) is 13.7. The number of methoxy groups -OCH3 is 1. The molecule has 1 atom stereocenters. The maximum Gasteiger partial charge on any atom is 0.407 e. The second kappa shape index (κ2) is 7.84. The highest BCUT2D eigenvalue weighted by Crippen LogP contribution is 2.09. The van der Waals surface area contributed by atoms with Crippen LogP contribution in [0.3, 0.4) is 0 Å². The Hall–Kier alpha value is -2.02. The molecule has 0 aromatic carbocycles. The van der Waals surface area contributed by atoms with Gasteiger partial charge in [0.1, 0.15) is 17.6 Å². The SMILES string of the molecule is COC(=O)c1coc(CNC(C)CNC(=O)OC(C)(C)C)c1. The summed E-state index contributed by atoms with van der Waals surface area (Å²) in [6.07, 6.45) is 0.902. The highest BCUT2D eigenvalue weighted by atomic mass is 16.6. The summed E-state index contributed by atoms with van der Waals surface area (Å²) < 4.78 is 15.0. The number of ether oxygens (including phenoxy) is 2. The molecular formula is C15H24N2O5. The Balaban J connectivity index is 2.31. The highest BCUT2D eigenvalue weighted by Gasteiger charge is 2.16. The smallest absolute Gasteiger partial charge is 0.407 e. The van der Waals surface area contributed by atoms with Gasteiger partial charge in [0.25, 0.3) is 0 Å². The van der Waals surface area contributed by atoms with E-state index in [-0.39, 0.29) is 6.04 Å². The van der Waals surface area contributed by atoms with E-state index in [2.05, 4.69) is 15.4 Å². The van der Waals surface area contributed by atoms with Crippen LogP contribution in [-0.2, 0) is 16.0 Å². The molecule has 0 bridgehead atoms. The van der Waals surface area contributed by atoms with Gasteiger partial charge in [0.15, 0.2) is 0 Å². The van der Waals surface area contributed by atoms with Crippen molar-refractivity contribution in [1.29, 1.82) is 0 Å². The number of carbonyl (C=O) groups is 2. The number of hydrogen-bond donors (Lipinski definition) is 2. The lowest BCUT2D eigenvalue weighted by Gasteiger charge is -2.21. The molecule has 1 unspecified atom stereocenters. The first-order valence-corrected chi connectivity index (χ1v) is 7.07. The van der Waals surface area contributed by atoms with Gasteiger partial charge in [0, 0.05) is 12.6 Å². The number of rotatable bonds is 6. The van der Waals surface area contributed by atoms with E-state index in [4.69, 9.17) is 9.15 Å². The maximum absolute atomic E-state index is 11.5. The zero-order valence-corrected chi connectivity index (χ0v) is 13.7. The van der Waals surface area contributed by atoms with Crippen LogP contribution >= 0.6 is 0 Å². The van der Waals surface area contributed by atoms with Gasteiger partial charge in [-0.25, -0.2) is 9.59 Å². The summed E-state index contributed by atoms with van der Waals surface area (Å²) in [5, 5.41) is 5.85. The number of carbonyl (C=O) groups excluding carboxylic acids is 2. The van der Waals surface area contributed by atoms with Crippen molar-refractivity contribution in [2.75, 3.05) is 13.7 Å². The average molecular weight is 312 g/mol. The van der Waals surface area contributed by atoms with E-state index in [0.29, 0.717) is 24.4 Å². The first kappa shape index (κ1) is 18.0. The number of esters is 1. The predicted molar refractivity (Wildman–Crippen MR) is 80.6 cm³/mol. The van der Waals surface area contributed by atoms with E-state index in [9.17, 15) is 9.59 Å². The Bertz CT molecular complexity index is 504. The largest absolute Gasteiger partial charge is 0.467 e. The van der Waals surface area contributed by atoms with Crippen molar-refractivity contribution in [2.45, 2.75) is 45.9 Å². The zero-order chi connectivity index (χ0) is 16.8. The van der Waals surface area contributed by atoms with Crippen LogP contribution in [0.1, 0.15) is 43.8 Å². The topological polar surface area (TPSA) is 89.8 Å². The highest BCUT2D eigenvalue weighted by molar-refractivity contribution is 5.88. The van der Waals surface area contributed by atoms with Crippen molar-refractivity contribution in [1.82, 2.24) is 10.6 Å². The molecule has 1 heterocycles. The summed E-state index contributed by atoms with van der Waals surface area (Å²) in [6.45, 7) is 8.20. The van der Waals surface area contributed by atoms with E-state index < -0.39 is 17.7 Å². The lowest BCUT2D eigenvalue weighted by atomic mass is 10.2. The molecule has 1 rings (SSSR count). The molecule has 2 N–H and O–H groups in total. The van der Waals surface area contributed by atoms with Crippen molar-refractivity contribution in [3.63, 3.8) is 0 Å². The Kier molecular flexibility index (Phi) is 6.42. The number of furan rings is 1. The second-order valence-electron chi connectivity index (χ2n) is 5.96. The van der Waals surface area contributed by atoms with Gasteiger partial charge in [0.2, 0.25) is 0 Å². The fourth-order valence-electron chi connectivity index (χ4n) is 1.60. The summed E-state index contributed by atoms with van der Waals surface area (Å²) >= 11 is 0. The lowest BCUT2D eigenvalue weighted by Crippen LogP contribution is -2.40. The third kappa shape index (κ3) is 6.62. The molecule has 1 aromatic rings. The van der Waals surface area contributed by atoms with E-state index in [1.54, 1.807) is 6.07 Å². The molecule has 7 heteroatoms. The molecule has 1 amide bonds. The van der Waals surface area contributed by atoms with Gasteiger partial charge in [-0.15, -0.1) is 0 Å². The normalized spacial score (nSPS) is 12.6. The first-order chi connectivity index (χ1) is 10.2. The monoisotopic (exact) mass is 312 g/mol. The quantitative estimate of drug-likeness (QED) is 0.782. The third-order valence-electron chi connectivity index (χ3n) is 2.65. The van der Waals surface area contributed by atoms with Gasteiger partial charge in [0.05, 0.1) is 19.2 Å². The van der Waals surface area contributed by atoms with Crippen LogP contribution in [-0.4, -0.2) is 37.4 Å². The summed E-state index contributed by atoms with van der Waals surface area (Å²) in [5.41, 5.74) is -0.141. The minimum atomic E-state index is -0.515. The van der Waals surface area contributed by atoms with Crippen LogP contribution in [0.25, 0.3) is 0 Å². The van der Waals surface area contributed by atoms with Crippen molar-refractivity contribution in [2.24, 2.45) is 0 Å². The third-order valence-corrected chi connectivity index (χ3v) is 2.65. The molecule has 0 aliphatic carbocycles. The van der Waals surface area contributed by atoms with E-state index in [1.165, 1.54) is 13.4 Å². The molecule has 22 heavy (non-hydrogen) atoms. The molecule has 124 valence electrons. The molecule has 0 saturated heterocycles. The summed E-state index contributed by atoms with van der Waals surface area (Å²) in [5.74, 6) is 0.180. The summed E-state index contributed by atoms with van der Waals surface area (Å²) in [7, 11) is 1.32. The minimum Gasteiger partial charge on any atom is -0.467 e. The van der Waals surface area contributed by atoms with Crippen molar-refractivity contribution < 1.29 is 23.5 Å². The number of hydrogen-bond acceptors (Lipinski definition) is 6. The van der Waals surface area contributed by atoms with Crippen LogP contribution in [0, 0.1) is 0 Å². The number of amides is 1.